The maximum atomic E-state index is 12.3. The SMILES string of the molecule is CC(C)c1ccc2c(=O)n(CCCCN)ccc2c1. The standard InChI is InChI=1S/C16H22N2O/c1-12(2)13-5-6-15-14(11-13)7-10-18(16(15)19)9-4-3-8-17/h5-7,10-12H,3-4,8-9,17H2,1-2H3. The average molecular weight is 258 g/mol. The molecule has 2 aromatic rings. The van der Waals surface area contributed by atoms with Crippen LogP contribution in [0.15, 0.2) is 35.3 Å². The smallest absolute Gasteiger partial charge is 0.258 e. The molecule has 0 aliphatic carbocycles. The highest BCUT2D eigenvalue weighted by atomic mass is 16.1. The maximum absolute atomic E-state index is 12.3. The lowest BCUT2D eigenvalue weighted by Gasteiger charge is -2.09. The Bertz CT molecular complexity index is 614. The Morgan fingerprint density at radius 1 is 1.21 bits per heavy atom. The molecule has 1 aromatic heterocycles. The lowest BCUT2D eigenvalue weighted by molar-refractivity contribution is 0.602. The monoisotopic (exact) mass is 258 g/mol. The molecule has 0 aliphatic rings. The Morgan fingerprint density at radius 2 is 2.00 bits per heavy atom. The van der Waals surface area contributed by atoms with Gasteiger partial charge in [0.1, 0.15) is 0 Å². The summed E-state index contributed by atoms with van der Waals surface area (Å²) in [5, 5.41) is 1.84. The minimum atomic E-state index is 0.102. The summed E-state index contributed by atoms with van der Waals surface area (Å²) in [7, 11) is 0. The van der Waals surface area contributed by atoms with Gasteiger partial charge < -0.3 is 10.3 Å². The topological polar surface area (TPSA) is 48.0 Å². The molecule has 1 heterocycles. The highest BCUT2D eigenvalue weighted by Gasteiger charge is 2.05. The largest absolute Gasteiger partial charge is 0.330 e. The van der Waals surface area contributed by atoms with Crippen molar-refractivity contribution >= 4 is 10.8 Å². The quantitative estimate of drug-likeness (QED) is 0.838. The zero-order chi connectivity index (χ0) is 13.8. The van der Waals surface area contributed by atoms with Gasteiger partial charge in [0.05, 0.1) is 0 Å². The number of aromatic nitrogens is 1. The molecule has 3 nitrogen and oxygen atoms in total. The Hall–Kier alpha value is -1.61. The molecule has 19 heavy (non-hydrogen) atoms. The minimum absolute atomic E-state index is 0.102. The van der Waals surface area contributed by atoms with Crippen LogP contribution in [0.3, 0.4) is 0 Å². The first-order valence-electron chi connectivity index (χ1n) is 6.96. The molecule has 102 valence electrons. The Balaban J connectivity index is 2.37. The van der Waals surface area contributed by atoms with E-state index in [4.69, 9.17) is 5.73 Å². The van der Waals surface area contributed by atoms with Crippen molar-refractivity contribution < 1.29 is 0 Å². The molecule has 0 saturated heterocycles. The first kappa shape index (κ1) is 13.8. The predicted octanol–water partition coefficient (Wildman–Crippen LogP) is 2.86. The number of benzene rings is 1. The number of nitrogens with zero attached hydrogens (tertiary/aromatic N) is 1. The fourth-order valence-electron chi connectivity index (χ4n) is 2.27. The number of aryl methyl sites for hydroxylation is 1. The van der Waals surface area contributed by atoms with Crippen LogP contribution < -0.4 is 11.3 Å². The highest BCUT2D eigenvalue weighted by Crippen LogP contribution is 2.19. The third-order valence-electron chi connectivity index (χ3n) is 3.52. The van der Waals surface area contributed by atoms with Crippen molar-refractivity contribution in [1.82, 2.24) is 4.57 Å². The zero-order valence-electron chi connectivity index (χ0n) is 11.7. The van der Waals surface area contributed by atoms with Crippen LogP contribution in [0.1, 0.15) is 38.2 Å². The molecule has 1 aromatic carbocycles. The molecule has 0 unspecified atom stereocenters. The van der Waals surface area contributed by atoms with Gasteiger partial charge in [-0.2, -0.15) is 0 Å². The van der Waals surface area contributed by atoms with E-state index < -0.39 is 0 Å². The van der Waals surface area contributed by atoms with Gasteiger partial charge in [0.2, 0.25) is 0 Å². The van der Waals surface area contributed by atoms with E-state index in [-0.39, 0.29) is 5.56 Å². The molecule has 0 atom stereocenters. The van der Waals surface area contributed by atoms with Crippen LogP contribution in [0.25, 0.3) is 10.8 Å². The molecule has 0 amide bonds. The number of rotatable bonds is 5. The third kappa shape index (κ3) is 3.04. The van der Waals surface area contributed by atoms with Crippen LogP contribution in [-0.4, -0.2) is 11.1 Å². The minimum Gasteiger partial charge on any atom is -0.330 e. The summed E-state index contributed by atoms with van der Waals surface area (Å²) in [5.41, 5.74) is 6.85. The number of unbranched alkanes of at least 4 members (excludes halogenated alkanes) is 1. The molecule has 0 radical (unpaired) electrons. The van der Waals surface area contributed by atoms with Crippen molar-refractivity contribution in [3.63, 3.8) is 0 Å². The van der Waals surface area contributed by atoms with E-state index in [1.54, 1.807) is 4.57 Å². The molecular weight excluding hydrogens is 236 g/mol. The molecule has 0 bridgehead atoms. The second-order valence-corrected chi connectivity index (χ2v) is 5.31. The molecule has 0 fully saturated rings. The fourth-order valence-corrected chi connectivity index (χ4v) is 2.27. The number of fused-ring (bicyclic) bond motifs is 1. The van der Waals surface area contributed by atoms with E-state index in [0.29, 0.717) is 12.5 Å². The van der Waals surface area contributed by atoms with E-state index in [9.17, 15) is 4.79 Å². The lowest BCUT2D eigenvalue weighted by atomic mass is 10.0. The van der Waals surface area contributed by atoms with Gasteiger partial charge in [0.15, 0.2) is 0 Å². The van der Waals surface area contributed by atoms with Crippen molar-refractivity contribution in [2.45, 2.75) is 39.2 Å². The van der Waals surface area contributed by atoms with Crippen molar-refractivity contribution in [1.29, 1.82) is 0 Å². The first-order valence-corrected chi connectivity index (χ1v) is 6.96. The van der Waals surface area contributed by atoms with Crippen molar-refractivity contribution in [3.05, 3.63) is 46.4 Å². The van der Waals surface area contributed by atoms with E-state index >= 15 is 0 Å². The van der Waals surface area contributed by atoms with Crippen LogP contribution in [0.2, 0.25) is 0 Å². The van der Waals surface area contributed by atoms with E-state index in [2.05, 4.69) is 26.0 Å². The second kappa shape index (κ2) is 6.02. The molecule has 0 spiro atoms. The summed E-state index contributed by atoms with van der Waals surface area (Å²) in [6.07, 6.45) is 3.80. The number of pyridine rings is 1. The summed E-state index contributed by atoms with van der Waals surface area (Å²) in [5.74, 6) is 0.483. The molecular formula is C16H22N2O. The molecule has 3 heteroatoms. The van der Waals surface area contributed by atoms with Crippen molar-refractivity contribution in [2.75, 3.05) is 6.54 Å². The van der Waals surface area contributed by atoms with Gasteiger partial charge in [-0.1, -0.05) is 26.0 Å². The van der Waals surface area contributed by atoms with Crippen LogP contribution in [0.4, 0.5) is 0 Å². The van der Waals surface area contributed by atoms with Gasteiger partial charge in [-0.3, -0.25) is 4.79 Å². The van der Waals surface area contributed by atoms with E-state index in [1.165, 1.54) is 5.56 Å². The van der Waals surface area contributed by atoms with Crippen LogP contribution in [-0.2, 0) is 6.54 Å². The van der Waals surface area contributed by atoms with Crippen LogP contribution in [0, 0.1) is 0 Å². The van der Waals surface area contributed by atoms with Gasteiger partial charge in [0.25, 0.3) is 5.56 Å². The van der Waals surface area contributed by atoms with Gasteiger partial charge in [-0.05, 0) is 48.4 Å². The number of hydrogen-bond acceptors (Lipinski definition) is 2. The molecule has 2 rings (SSSR count). The van der Waals surface area contributed by atoms with E-state index in [0.717, 1.165) is 30.2 Å². The van der Waals surface area contributed by atoms with Crippen LogP contribution >= 0.6 is 0 Å². The summed E-state index contributed by atoms with van der Waals surface area (Å²) in [6.45, 7) is 5.75. The maximum Gasteiger partial charge on any atom is 0.258 e. The average Bonchev–Trinajstić information content (AvgIpc) is 2.41. The molecule has 2 N–H and O–H groups in total. The molecule has 0 aliphatic heterocycles. The Kier molecular flexibility index (Phi) is 4.38. The number of hydrogen-bond donors (Lipinski definition) is 1. The van der Waals surface area contributed by atoms with Gasteiger partial charge in [-0.15, -0.1) is 0 Å². The summed E-state index contributed by atoms with van der Waals surface area (Å²) >= 11 is 0. The summed E-state index contributed by atoms with van der Waals surface area (Å²) in [4.78, 5) is 12.3. The highest BCUT2D eigenvalue weighted by molar-refractivity contribution is 5.82. The van der Waals surface area contributed by atoms with Gasteiger partial charge >= 0.3 is 0 Å². The Morgan fingerprint density at radius 3 is 2.68 bits per heavy atom. The number of nitrogens with two attached hydrogens (primary N) is 1. The predicted molar refractivity (Wildman–Crippen MR) is 80.6 cm³/mol. The van der Waals surface area contributed by atoms with Gasteiger partial charge in [0, 0.05) is 18.1 Å². The lowest BCUT2D eigenvalue weighted by Crippen LogP contribution is -2.20. The van der Waals surface area contributed by atoms with E-state index in [1.807, 2.05) is 18.3 Å². The van der Waals surface area contributed by atoms with Crippen molar-refractivity contribution in [3.8, 4) is 0 Å². The summed E-state index contributed by atoms with van der Waals surface area (Å²) in [6, 6.07) is 8.15. The third-order valence-corrected chi connectivity index (χ3v) is 3.52. The van der Waals surface area contributed by atoms with Gasteiger partial charge in [-0.25, -0.2) is 0 Å². The fraction of sp³-hybridized carbons (Fsp3) is 0.438. The normalized spacial score (nSPS) is 11.4. The zero-order valence-corrected chi connectivity index (χ0v) is 11.7. The van der Waals surface area contributed by atoms with Crippen LogP contribution in [0.5, 0.6) is 0 Å². The first-order chi connectivity index (χ1) is 9.13. The second-order valence-electron chi connectivity index (χ2n) is 5.31. The molecule has 0 saturated carbocycles. The van der Waals surface area contributed by atoms with Crippen molar-refractivity contribution in [2.24, 2.45) is 5.73 Å². The Labute approximate surface area is 114 Å². The summed E-state index contributed by atoms with van der Waals surface area (Å²) < 4.78 is 1.78.